The maximum absolute atomic E-state index is 12.6. The minimum Gasteiger partial charge on any atom is -0.421 e. The normalized spacial score (nSPS) is 18.2. The van der Waals surface area contributed by atoms with Crippen LogP contribution in [0.15, 0.2) is 20.1 Å². The number of aryl methyl sites for hydroxylation is 1. The summed E-state index contributed by atoms with van der Waals surface area (Å²) in [5.74, 6) is 0.809. The fourth-order valence-electron chi connectivity index (χ4n) is 2.13. The molecule has 0 aliphatic carbocycles. The topological polar surface area (TPSA) is 79.5 Å². The van der Waals surface area contributed by atoms with Crippen LogP contribution < -0.4 is 0 Å². The lowest BCUT2D eigenvalue weighted by atomic mass is 10.3. The monoisotopic (exact) mass is 328 g/mol. The molecule has 0 saturated carbocycles. The first-order chi connectivity index (χ1) is 9.96. The third kappa shape index (κ3) is 2.86. The molecule has 2 aromatic heterocycles. The van der Waals surface area contributed by atoms with Gasteiger partial charge in [0, 0.05) is 38.5 Å². The van der Waals surface area contributed by atoms with E-state index in [1.54, 1.807) is 18.4 Å². The van der Waals surface area contributed by atoms with E-state index in [-0.39, 0.29) is 0 Å². The number of hydrogen-bond acceptors (Lipinski definition) is 7. The van der Waals surface area contributed by atoms with Crippen molar-refractivity contribution in [1.82, 2.24) is 19.4 Å². The number of sulfonamides is 1. The van der Waals surface area contributed by atoms with Crippen LogP contribution >= 0.6 is 11.3 Å². The number of hydrogen-bond donors (Lipinski definition) is 0. The van der Waals surface area contributed by atoms with Crippen LogP contribution in [0.2, 0.25) is 0 Å². The number of likely N-dealkylation sites (N-methyl/N-ethyl adjacent to an activating group) is 1. The number of piperazine rings is 1. The Bertz CT molecular complexity index is 729. The average molecular weight is 328 g/mol. The zero-order valence-corrected chi connectivity index (χ0v) is 13.4. The Balaban J connectivity index is 1.85. The number of nitrogens with zero attached hydrogens (tertiary/aromatic N) is 4. The molecule has 1 fully saturated rings. The summed E-state index contributed by atoms with van der Waals surface area (Å²) in [7, 11) is -1.44. The SMILES string of the molecule is Cc1nnc(-c2csc(S(=O)(=O)N3CCN(C)CC3)c2)o1. The third-order valence-corrected chi connectivity index (χ3v) is 6.72. The molecule has 0 atom stereocenters. The highest BCUT2D eigenvalue weighted by molar-refractivity contribution is 7.91. The summed E-state index contributed by atoms with van der Waals surface area (Å²) in [6, 6.07) is 1.60. The Morgan fingerprint density at radius 2 is 1.95 bits per heavy atom. The molecule has 0 aromatic carbocycles. The molecule has 1 aliphatic rings. The average Bonchev–Trinajstić information content (AvgIpc) is 3.08. The second-order valence-corrected chi connectivity index (χ2v) is 8.06. The number of aromatic nitrogens is 2. The van der Waals surface area contributed by atoms with Gasteiger partial charge in [-0.3, -0.25) is 0 Å². The zero-order valence-electron chi connectivity index (χ0n) is 11.8. The summed E-state index contributed by atoms with van der Waals surface area (Å²) < 4.78 is 32.4. The van der Waals surface area contributed by atoms with Gasteiger partial charge in [-0.15, -0.1) is 21.5 Å². The second-order valence-electron chi connectivity index (χ2n) is 4.99. The molecular formula is C12H16N4O3S2. The molecule has 0 N–H and O–H groups in total. The van der Waals surface area contributed by atoms with Gasteiger partial charge in [0.1, 0.15) is 4.21 Å². The van der Waals surface area contributed by atoms with Crippen molar-refractivity contribution in [2.75, 3.05) is 33.2 Å². The summed E-state index contributed by atoms with van der Waals surface area (Å²) in [6.45, 7) is 4.24. The molecule has 0 unspecified atom stereocenters. The Morgan fingerprint density at radius 3 is 2.57 bits per heavy atom. The van der Waals surface area contributed by atoms with Gasteiger partial charge in [-0.05, 0) is 13.1 Å². The molecule has 114 valence electrons. The van der Waals surface area contributed by atoms with Crippen LogP contribution in [0.25, 0.3) is 11.5 Å². The molecule has 0 radical (unpaired) electrons. The summed E-state index contributed by atoms with van der Waals surface area (Å²) in [6.07, 6.45) is 0. The van der Waals surface area contributed by atoms with Crippen LogP contribution in [-0.4, -0.2) is 61.0 Å². The van der Waals surface area contributed by atoms with Crippen LogP contribution in [-0.2, 0) is 10.0 Å². The lowest BCUT2D eigenvalue weighted by molar-refractivity contribution is 0.222. The van der Waals surface area contributed by atoms with E-state index in [0.717, 1.165) is 13.1 Å². The van der Waals surface area contributed by atoms with Crippen molar-refractivity contribution in [3.63, 3.8) is 0 Å². The van der Waals surface area contributed by atoms with Crippen LogP contribution in [0, 0.1) is 6.92 Å². The smallest absolute Gasteiger partial charge is 0.252 e. The summed E-state index contributed by atoms with van der Waals surface area (Å²) in [4.78, 5) is 2.12. The highest BCUT2D eigenvalue weighted by Crippen LogP contribution is 2.29. The van der Waals surface area contributed by atoms with E-state index >= 15 is 0 Å². The summed E-state index contributed by atoms with van der Waals surface area (Å²) >= 11 is 1.18. The van der Waals surface area contributed by atoms with Crippen molar-refractivity contribution < 1.29 is 12.8 Å². The minimum atomic E-state index is -3.43. The molecule has 3 rings (SSSR count). The van der Waals surface area contributed by atoms with E-state index in [1.807, 2.05) is 7.05 Å². The molecule has 0 amide bonds. The molecule has 0 bridgehead atoms. The maximum atomic E-state index is 12.6. The van der Waals surface area contributed by atoms with Gasteiger partial charge in [0.25, 0.3) is 10.0 Å². The first-order valence-electron chi connectivity index (χ1n) is 6.54. The second kappa shape index (κ2) is 5.48. The summed E-state index contributed by atoms with van der Waals surface area (Å²) in [5.41, 5.74) is 0.647. The van der Waals surface area contributed by atoms with Crippen molar-refractivity contribution in [3.8, 4) is 11.5 Å². The molecule has 2 aromatic rings. The highest BCUT2D eigenvalue weighted by atomic mass is 32.2. The molecule has 1 saturated heterocycles. The van der Waals surface area contributed by atoms with E-state index in [0.29, 0.717) is 34.6 Å². The fourth-order valence-corrected chi connectivity index (χ4v) is 4.86. The van der Waals surface area contributed by atoms with Crippen LogP contribution in [0.4, 0.5) is 0 Å². The molecule has 21 heavy (non-hydrogen) atoms. The largest absolute Gasteiger partial charge is 0.421 e. The van der Waals surface area contributed by atoms with Gasteiger partial charge in [-0.2, -0.15) is 4.31 Å². The predicted octanol–water partition coefficient (Wildman–Crippen LogP) is 1.04. The Kier molecular flexibility index (Phi) is 3.82. The van der Waals surface area contributed by atoms with Crippen molar-refractivity contribution in [3.05, 3.63) is 17.3 Å². The van der Waals surface area contributed by atoms with Crippen LogP contribution in [0.3, 0.4) is 0 Å². The van der Waals surface area contributed by atoms with Crippen molar-refractivity contribution >= 4 is 21.4 Å². The molecule has 9 heteroatoms. The van der Waals surface area contributed by atoms with E-state index in [9.17, 15) is 8.42 Å². The Hall–Kier alpha value is -1.29. The lowest BCUT2D eigenvalue weighted by Gasteiger charge is -2.31. The molecule has 7 nitrogen and oxygen atoms in total. The predicted molar refractivity (Wildman–Crippen MR) is 78.6 cm³/mol. The third-order valence-electron chi connectivity index (χ3n) is 3.40. The van der Waals surface area contributed by atoms with E-state index in [2.05, 4.69) is 15.1 Å². The van der Waals surface area contributed by atoms with Gasteiger partial charge in [0.05, 0.1) is 5.56 Å². The van der Waals surface area contributed by atoms with Crippen molar-refractivity contribution in [2.24, 2.45) is 0 Å². The maximum Gasteiger partial charge on any atom is 0.252 e. The van der Waals surface area contributed by atoms with Gasteiger partial charge in [0.2, 0.25) is 11.8 Å². The lowest BCUT2D eigenvalue weighted by Crippen LogP contribution is -2.46. The van der Waals surface area contributed by atoms with E-state index in [1.165, 1.54) is 15.6 Å². The van der Waals surface area contributed by atoms with Crippen LogP contribution in [0.5, 0.6) is 0 Å². The molecule has 3 heterocycles. The van der Waals surface area contributed by atoms with E-state index < -0.39 is 10.0 Å². The van der Waals surface area contributed by atoms with E-state index in [4.69, 9.17) is 4.42 Å². The zero-order chi connectivity index (χ0) is 15.0. The molecular weight excluding hydrogens is 312 g/mol. The fraction of sp³-hybridized carbons (Fsp3) is 0.500. The number of thiophene rings is 1. The first-order valence-corrected chi connectivity index (χ1v) is 8.86. The minimum absolute atomic E-state index is 0.318. The van der Waals surface area contributed by atoms with Gasteiger partial charge >= 0.3 is 0 Å². The number of rotatable bonds is 3. The van der Waals surface area contributed by atoms with Gasteiger partial charge in [-0.1, -0.05) is 0 Å². The standard InChI is InChI=1S/C12H16N4O3S2/c1-9-13-14-12(19-9)10-7-11(20-8-10)21(17,18)16-5-3-15(2)4-6-16/h7-8H,3-6H2,1-2H3. The highest BCUT2D eigenvalue weighted by Gasteiger charge is 2.29. The van der Waals surface area contributed by atoms with Gasteiger partial charge < -0.3 is 9.32 Å². The van der Waals surface area contributed by atoms with Gasteiger partial charge in [0.15, 0.2) is 0 Å². The first kappa shape index (κ1) is 14.6. The molecule has 0 spiro atoms. The summed E-state index contributed by atoms with van der Waals surface area (Å²) in [5, 5.41) is 9.40. The van der Waals surface area contributed by atoms with Gasteiger partial charge in [-0.25, -0.2) is 8.42 Å². The van der Waals surface area contributed by atoms with Crippen molar-refractivity contribution in [2.45, 2.75) is 11.1 Å². The van der Waals surface area contributed by atoms with Crippen LogP contribution in [0.1, 0.15) is 5.89 Å². The Morgan fingerprint density at radius 1 is 1.24 bits per heavy atom. The quantitative estimate of drug-likeness (QED) is 0.838. The Labute approximate surface area is 127 Å². The molecule has 1 aliphatic heterocycles. The van der Waals surface area contributed by atoms with Crippen molar-refractivity contribution in [1.29, 1.82) is 0 Å².